The lowest BCUT2D eigenvalue weighted by Crippen LogP contribution is -2.41. The third kappa shape index (κ3) is 5.91. The molecule has 14 heteroatoms. The number of aromatic nitrogens is 3. The predicted molar refractivity (Wildman–Crippen MR) is 114 cm³/mol. The van der Waals surface area contributed by atoms with Gasteiger partial charge in [0.1, 0.15) is 23.1 Å². The van der Waals surface area contributed by atoms with E-state index in [2.05, 4.69) is 15.3 Å². The van der Waals surface area contributed by atoms with Crippen molar-refractivity contribution in [1.82, 2.24) is 24.9 Å². The van der Waals surface area contributed by atoms with Crippen LogP contribution in [0, 0.1) is 0 Å². The fraction of sp³-hybridized carbons (Fsp3) is 0.300. The Balaban J connectivity index is 1.67. The molecule has 1 aliphatic rings. The molecular weight excluding hydrogens is 484 g/mol. The molecule has 0 saturated heterocycles. The number of halogens is 5. The molecule has 2 aromatic heterocycles. The van der Waals surface area contributed by atoms with Crippen LogP contribution in [0.5, 0.6) is 0 Å². The summed E-state index contributed by atoms with van der Waals surface area (Å²) in [6, 6.07) is 3.92. The maximum atomic E-state index is 14.4. The van der Waals surface area contributed by atoms with Crippen molar-refractivity contribution in [3.63, 3.8) is 0 Å². The minimum Gasteiger partial charge on any atom is -0.359 e. The van der Waals surface area contributed by atoms with Gasteiger partial charge >= 0.3 is 11.8 Å². The van der Waals surface area contributed by atoms with Gasteiger partial charge in [0.2, 0.25) is 5.91 Å². The molecule has 0 atom stereocenters. The maximum absolute atomic E-state index is 14.4. The normalized spacial score (nSPS) is 14.1. The van der Waals surface area contributed by atoms with Gasteiger partial charge in [-0.3, -0.25) is 29.4 Å². The summed E-state index contributed by atoms with van der Waals surface area (Å²) in [4.78, 5) is 32.0. The van der Waals surface area contributed by atoms with E-state index in [1.54, 1.807) is 0 Å². The number of alkyl halides is 4. The molecule has 0 unspecified atom stereocenters. The van der Waals surface area contributed by atoms with Crippen LogP contribution >= 0.6 is 11.6 Å². The average Bonchev–Trinajstić information content (AvgIpc) is 2.81. The van der Waals surface area contributed by atoms with Gasteiger partial charge in [0.15, 0.2) is 5.82 Å². The summed E-state index contributed by atoms with van der Waals surface area (Å²) in [5, 5.41) is 13.8. The average molecular weight is 503 g/mol. The Morgan fingerprint density at radius 3 is 2.62 bits per heavy atom. The van der Waals surface area contributed by atoms with Crippen LogP contribution in [-0.2, 0) is 17.3 Å². The van der Waals surface area contributed by atoms with E-state index in [4.69, 9.17) is 11.6 Å². The van der Waals surface area contributed by atoms with Gasteiger partial charge in [-0.25, -0.2) is 4.98 Å². The number of hydroxylamine groups is 2. The van der Waals surface area contributed by atoms with Crippen molar-refractivity contribution in [1.29, 1.82) is 0 Å². The minimum atomic E-state index is -3.58. The third-order valence-corrected chi connectivity index (χ3v) is 4.96. The smallest absolute Gasteiger partial charge is 0.306 e. The molecule has 0 radical (unpaired) electrons. The van der Waals surface area contributed by atoms with Crippen LogP contribution in [-0.4, -0.2) is 56.3 Å². The molecule has 0 aliphatic carbocycles. The molecule has 9 nitrogen and oxygen atoms in total. The number of carbonyl (C=O) groups is 1. The Morgan fingerprint density at radius 1 is 1.18 bits per heavy atom. The topological polar surface area (TPSA) is 112 Å². The van der Waals surface area contributed by atoms with Crippen molar-refractivity contribution < 1.29 is 27.6 Å². The number of hydrogen-bond donors (Lipinski definition) is 3. The first-order valence-electron chi connectivity index (χ1n) is 9.78. The highest BCUT2D eigenvalue weighted by atomic mass is 35.5. The number of carbonyl (C=O) groups excluding carboxylic acids is 1. The van der Waals surface area contributed by atoms with E-state index in [1.165, 1.54) is 30.5 Å². The summed E-state index contributed by atoms with van der Waals surface area (Å²) in [5.74, 6) is -8.57. The molecular formula is C20H19ClF4N6O3. The molecule has 3 N–H and O–H groups in total. The molecule has 0 fully saturated rings. The van der Waals surface area contributed by atoms with Crippen molar-refractivity contribution in [2.75, 3.05) is 25.0 Å². The fourth-order valence-corrected chi connectivity index (χ4v) is 3.10. The second kappa shape index (κ2) is 10.2. The van der Waals surface area contributed by atoms with Crippen molar-refractivity contribution in [3.05, 3.63) is 75.7 Å². The Hall–Kier alpha value is -3.45. The largest absolute Gasteiger partial charge is 0.359 e. The molecule has 182 valence electrons. The van der Waals surface area contributed by atoms with Crippen LogP contribution in [0.2, 0.25) is 5.15 Å². The number of hydrogen-bond acceptors (Lipinski definition) is 7. The Morgan fingerprint density at radius 2 is 1.94 bits per heavy atom. The lowest BCUT2D eigenvalue weighted by Gasteiger charge is -2.28. The van der Waals surface area contributed by atoms with E-state index in [-0.39, 0.29) is 11.7 Å². The van der Waals surface area contributed by atoms with E-state index in [0.29, 0.717) is 9.63 Å². The van der Waals surface area contributed by atoms with Crippen LogP contribution in [0.25, 0.3) is 0 Å². The second-order valence-electron chi connectivity index (χ2n) is 7.14. The first-order valence-corrected chi connectivity index (χ1v) is 10.2. The Labute approximate surface area is 195 Å². The molecule has 34 heavy (non-hydrogen) atoms. The highest BCUT2D eigenvalue weighted by Crippen LogP contribution is 2.28. The van der Waals surface area contributed by atoms with Crippen molar-refractivity contribution in [3.8, 4) is 0 Å². The highest BCUT2D eigenvalue weighted by Gasteiger charge is 2.38. The number of nitrogens with zero attached hydrogens (tertiary/aromatic N) is 4. The van der Waals surface area contributed by atoms with E-state index >= 15 is 0 Å². The molecule has 0 bridgehead atoms. The summed E-state index contributed by atoms with van der Waals surface area (Å²) in [5.41, 5.74) is -2.26. The second-order valence-corrected chi connectivity index (χ2v) is 7.52. The van der Waals surface area contributed by atoms with Crippen LogP contribution in [0.4, 0.5) is 23.4 Å². The highest BCUT2D eigenvalue weighted by molar-refractivity contribution is 6.29. The fourth-order valence-electron chi connectivity index (χ4n) is 2.92. The van der Waals surface area contributed by atoms with Crippen LogP contribution < -0.4 is 16.2 Å². The van der Waals surface area contributed by atoms with Crippen LogP contribution in [0.15, 0.2) is 59.3 Å². The standard InChI is InChI=1S/C20H19ClF4N6O3/c21-15-9-27-17(29-12-20(24,25)14-6-2-4-8-31(14)34)18(33)30(15)10-16(32)28-11-19(22,23)13-5-1-3-7-26-13/h1-7,9,34H,8,10-12H2,(H,27,29)(H,28,32). The van der Waals surface area contributed by atoms with Crippen molar-refractivity contribution in [2.24, 2.45) is 0 Å². The van der Waals surface area contributed by atoms with Gasteiger partial charge in [0, 0.05) is 6.20 Å². The molecule has 3 rings (SSSR count). The third-order valence-electron chi connectivity index (χ3n) is 4.65. The number of nitrogens with one attached hydrogen (secondary N) is 2. The van der Waals surface area contributed by atoms with Gasteiger partial charge < -0.3 is 10.6 Å². The number of rotatable bonds is 9. The number of amides is 1. The van der Waals surface area contributed by atoms with E-state index < -0.39 is 60.2 Å². The molecule has 0 aromatic carbocycles. The van der Waals surface area contributed by atoms with Crippen LogP contribution in [0.1, 0.15) is 5.69 Å². The molecule has 0 spiro atoms. The number of anilines is 1. The maximum Gasteiger partial charge on any atom is 0.306 e. The van der Waals surface area contributed by atoms with Gasteiger partial charge in [-0.15, -0.1) is 0 Å². The molecule has 3 heterocycles. The summed E-state index contributed by atoms with van der Waals surface area (Å²) in [6.45, 7) is -3.08. The Kier molecular flexibility index (Phi) is 7.57. The predicted octanol–water partition coefficient (Wildman–Crippen LogP) is 2.39. The van der Waals surface area contributed by atoms with Crippen LogP contribution in [0.3, 0.4) is 0 Å². The zero-order valence-electron chi connectivity index (χ0n) is 17.4. The van der Waals surface area contributed by atoms with Gasteiger partial charge in [0.05, 0.1) is 25.8 Å². The summed E-state index contributed by atoms with van der Waals surface area (Å²) >= 11 is 5.89. The molecule has 1 amide bonds. The quantitative estimate of drug-likeness (QED) is 0.451. The van der Waals surface area contributed by atoms with Gasteiger partial charge in [-0.1, -0.05) is 29.8 Å². The Bertz CT molecular complexity index is 1160. The molecule has 2 aromatic rings. The summed E-state index contributed by atoms with van der Waals surface area (Å²) in [7, 11) is 0. The van der Waals surface area contributed by atoms with Gasteiger partial charge in [0.25, 0.3) is 5.56 Å². The van der Waals surface area contributed by atoms with E-state index in [1.807, 2.05) is 5.32 Å². The zero-order chi connectivity index (χ0) is 24.9. The van der Waals surface area contributed by atoms with E-state index in [0.717, 1.165) is 18.3 Å². The SMILES string of the molecule is O=C(Cn1c(Cl)cnc(NCC(F)(F)C2=CC=CCN2O)c1=O)NCC(F)(F)c1ccccn1. The first kappa shape index (κ1) is 25.2. The number of allylic oxidation sites excluding steroid dienone is 2. The van der Waals surface area contributed by atoms with E-state index in [9.17, 15) is 32.4 Å². The molecule has 1 aliphatic heterocycles. The lowest BCUT2D eigenvalue weighted by atomic mass is 10.1. The van der Waals surface area contributed by atoms with Gasteiger partial charge in [-0.2, -0.15) is 17.6 Å². The lowest BCUT2D eigenvalue weighted by molar-refractivity contribution is -0.124. The zero-order valence-corrected chi connectivity index (χ0v) is 18.1. The monoisotopic (exact) mass is 502 g/mol. The van der Waals surface area contributed by atoms with Crippen molar-refractivity contribution >= 4 is 23.3 Å². The molecule has 0 saturated carbocycles. The van der Waals surface area contributed by atoms with Gasteiger partial charge in [-0.05, 0) is 18.2 Å². The first-order chi connectivity index (χ1) is 16.0. The minimum absolute atomic E-state index is 0.137. The summed E-state index contributed by atoms with van der Waals surface area (Å²) < 4.78 is 57.9. The summed E-state index contributed by atoms with van der Waals surface area (Å²) in [6.07, 6.45) is 5.95. The number of pyridine rings is 1. The van der Waals surface area contributed by atoms with Crippen molar-refractivity contribution in [2.45, 2.75) is 18.4 Å².